The minimum atomic E-state index is 0. The molecule has 0 bridgehead atoms. The van der Waals surface area contributed by atoms with Gasteiger partial charge in [0, 0.05) is 110 Å². The van der Waals surface area contributed by atoms with Gasteiger partial charge in [0.25, 0.3) is 0 Å². The van der Waals surface area contributed by atoms with Crippen molar-refractivity contribution in [1.82, 2.24) is 0 Å². The van der Waals surface area contributed by atoms with Crippen LogP contribution in [-0.4, -0.2) is 110 Å². The fourth-order valence-corrected chi connectivity index (χ4v) is 0. The van der Waals surface area contributed by atoms with E-state index in [0.717, 1.165) is 0 Å². The van der Waals surface area contributed by atoms with Gasteiger partial charge in [-0.2, -0.15) is 0 Å². The third kappa shape index (κ3) is 9.08. The van der Waals surface area contributed by atoms with Gasteiger partial charge in [-0.25, -0.2) is 0 Å². The molecule has 0 unspecified atom stereocenters. The normalized spacial score (nSPS) is 0. The molecule has 0 nitrogen and oxygen atoms in total. The summed E-state index contributed by atoms with van der Waals surface area (Å²) in [4.78, 5) is 0. The van der Waals surface area contributed by atoms with Crippen molar-refractivity contribution in [3.05, 3.63) is 0 Å². The average molecular weight is 397 g/mol. The molecule has 0 amide bonds. The monoisotopic (exact) mass is 398 g/mol. The Morgan fingerprint density at radius 1 is 1.00 bits per heavy atom. The molecule has 4 heavy (non-hydrogen) atoms. The molecule has 12 valence electrons. The first-order chi connectivity index (χ1) is 0. The largest absolute Gasteiger partial charge is 0 e. The number of rotatable bonds is 0. The Hall–Kier alpha value is 3.48. The second-order valence-corrected chi connectivity index (χ2v) is 0. The van der Waals surface area contributed by atoms with Gasteiger partial charge in [0.1, 0.15) is 0 Å². The molecule has 0 aliphatic carbocycles. The van der Waals surface area contributed by atoms with Crippen molar-refractivity contribution >= 4 is 110 Å². The van der Waals surface area contributed by atoms with Gasteiger partial charge in [-0.15, -0.1) is 0 Å². The number of hydrogen-bond acceptors (Lipinski definition) is 0. The first-order valence-corrected chi connectivity index (χ1v) is 0. The maximum atomic E-state index is 0. The molecule has 0 aliphatic heterocycles. The van der Waals surface area contributed by atoms with Crippen molar-refractivity contribution in [2.75, 3.05) is 0 Å². The molecular formula is BaMgPbSi. The van der Waals surface area contributed by atoms with Crippen LogP contribution in [0.4, 0.5) is 0 Å². The summed E-state index contributed by atoms with van der Waals surface area (Å²) in [5.41, 5.74) is 0. The van der Waals surface area contributed by atoms with Crippen LogP contribution < -0.4 is 0 Å². The van der Waals surface area contributed by atoms with E-state index < -0.39 is 0 Å². The van der Waals surface area contributed by atoms with Gasteiger partial charge < -0.3 is 0 Å². The molecule has 0 aromatic carbocycles. The van der Waals surface area contributed by atoms with E-state index in [4.69, 9.17) is 0 Å². The molecule has 4 heteroatoms. The Morgan fingerprint density at radius 2 is 1.00 bits per heavy atom. The molecule has 0 saturated heterocycles. The standard InChI is InChI=1S/Ba.Mg.Pb.Si. The first-order valence-electron chi connectivity index (χ1n) is 0. The SMILES string of the molecule is [Ba].[Mg].[Pb].[Si]. The zero-order valence-corrected chi connectivity index (χ0v) is 13.2. The van der Waals surface area contributed by atoms with Crippen molar-refractivity contribution in [3.63, 3.8) is 0 Å². The number of hydrogen-bond donors (Lipinski definition) is 0. The van der Waals surface area contributed by atoms with E-state index in [1.54, 1.807) is 0 Å². The van der Waals surface area contributed by atoms with Crippen LogP contribution in [0.2, 0.25) is 0 Å². The van der Waals surface area contributed by atoms with Crippen molar-refractivity contribution in [1.29, 1.82) is 0 Å². The van der Waals surface area contributed by atoms with Crippen LogP contribution in [0.5, 0.6) is 0 Å². The fraction of sp³-hybridized carbons (Fsp3) is 0. The van der Waals surface area contributed by atoms with Crippen molar-refractivity contribution < 1.29 is 0 Å². The molecule has 0 saturated carbocycles. The quantitative estimate of drug-likeness (QED) is 0.436. The van der Waals surface area contributed by atoms with E-state index in [-0.39, 0.29) is 110 Å². The van der Waals surface area contributed by atoms with Gasteiger partial charge in [-0.3, -0.25) is 0 Å². The van der Waals surface area contributed by atoms with Crippen LogP contribution in [0.1, 0.15) is 0 Å². The first kappa shape index (κ1) is 25.9. The summed E-state index contributed by atoms with van der Waals surface area (Å²) in [6.07, 6.45) is 0. The Bertz CT molecular complexity index is 8.00. The van der Waals surface area contributed by atoms with Crippen molar-refractivity contribution in [2.24, 2.45) is 0 Å². The summed E-state index contributed by atoms with van der Waals surface area (Å²) in [6.45, 7) is 0. The van der Waals surface area contributed by atoms with E-state index in [1.165, 1.54) is 0 Å². The Kier molecular flexibility index (Phi) is 104. The molecule has 0 rings (SSSR count). The molecule has 0 spiro atoms. The summed E-state index contributed by atoms with van der Waals surface area (Å²) >= 11 is 0. The molecular weight excluding hydrogens is 397 g/mol. The molecule has 12 radical (unpaired) electrons. The van der Waals surface area contributed by atoms with Gasteiger partial charge >= 0.3 is 0 Å². The second-order valence-electron chi connectivity index (χ2n) is 0. The molecule has 0 heterocycles. The Morgan fingerprint density at radius 3 is 1.00 bits per heavy atom. The average Bonchev–Trinajstić information content (AvgIpc) is 0. The van der Waals surface area contributed by atoms with Crippen LogP contribution in [-0.2, 0) is 0 Å². The molecule has 0 fully saturated rings. The summed E-state index contributed by atoms with van der Waals surface area (Å²) in [5.74, 6) is 0. The molecule has 0 aliphatic rings. The molecule has 0 aromatic rings. The van der Waals surface area contributed by atoms with E-state index in [2.05, 4.69) is 0 Å². The maximum absolute atomic E-state index is 0. The maximum Gasteiger partial charge on any atom is 0 e. The van der Waals surface area contributed by atoms with Gasteiger partial charge in [0.05, 0.1) is 0 Å². The second kappa shape index (κ2) is 16.1. The summed E-state index contributed by atoms with van der Waals surface area (Å²) < 4.78 is 0. The Balaban J connectivity index is 0. The van der Waals surface area contributed by atoms with Gasteiger partial charge in [-0.1, -0.05) is 0 Å². The van der Waals surface area contributed by atoms with Crippen LogP contribution in [0, 0.1) is 0 Å². The fourth-order valence-electron chi connectivity index (χ4n) is 0. The van der Waals surface area contributed by atoms with Crippen LogP contribution >= 0.6 is 0 Å². The van der Waals surface area contributed by atoms with Crippen LogP contribution in [0.15, 0.2) is 0 Å². The van der Waals surface area contributed by atoms with Crippen LogP contribution in [0.25, 0.3) is 0 Å². The van der Waals surface area contributed by atoms with Crippen molar-refractivity contribution in [2.45, 2.75) is 0 Å². The minimum absolute atomic E-state index is 0. The van der Waals surface area contributed by atoms with Crippen molar-refractivity contribution in [3.8, 4) is 0 Å². The van der Waals surface area contributed by atoms with E-state index >= 15 is 0 Å². The topological polar surface area (TPSA) is 0 Å². The third-order valence-corrected chi connectivity index (χ3v) is 0. The zero-order valence-electron chi connectivity index (χ0n) is 2.41. The van der Waals surface area contributed by atoms with Gasteiger partial charge in [-0.05, 0) is 0 Å². The van der Waals surface area contributed by atoms with Gasteiger partial charge in [0.15, 0.2) is 0 Å². The van der Waals surface area contributed by atoms with Crippen LogP contribution in [0.3, 0.4) is 0 Å². The summed E-state index contributed by atoms with van der Waals surface area (Å²) in [7, 11) is 0. The summed E-state index contributed by atoms with van der Waals surface area (Å²) in [5, 5.41) is 0. The third-order valence-electron chi connectivity index (χ3n) is 0. The van der Waals surface area contributed by atoms with E-state index in [1.807, 2.05) is 0 Å². The zero-order chi connectivity index (χ0) is 0. The van der Waals surface area contributed by atoms with E-state index in [9.17, 15) is 0 Å². The van der Waals surface area contributed by atoms with E-state index in [0.29, 0.717) is 0 Å². The predicted molar refractivity (Wildman–Crippen MR) is 23.0 cm³/mol. The summed E-state index contributed by atoms with van der Waals surface area (Å²) in [6, 6.07) is 0. The smallest absolute Gasteiger partial charge is 0 e. The van der Waals surface area contributed by atoms with Gasteiger partial charge in [0.2, 0.25) is 0 Å². The minimum Gasteiger partial charge on any atom is 0 e. The molecule has 0 N–H and O–H groups in total. The molecule has 0 aromatic heterocycles. The Labute approximate surface area is 107 Å². The predicted octanol–water partition coefficient (Wildman–Crippen LogP) is -1.52. The molecule has 0 atom stereocenters.